The minimum atomic E-state index is 0.101. The van der Waals surface area contributed by atoms with Crippen LogP contribution in [0.2, 0.25) is 0 Å². The molecule has 0 atom stereocenters. The van der Waals surface area contributed by atoms with Gasteiger partial charge in [0, 0.05) is 29.4 Å². The molecule has 118 valence electrons. The van der Waals surface area contributed by atoms with Gasteiger partial charge in [-0.25, -0.2) is 0 Å². The highest BCUT2D eigenvalue weighted by atomic mass is 32.1. The molecule has 4 heteroatoms. The quantitative estimate of drug-likeness (QED) is 0.811. The Balaban J connectivity index is 1.95. The summed E-state index contributed by atoms with van der Waals surface area (Å²) in [5, 5.41) is 2.89. The van der Waals surface area contributed by atoms with Crippen molar-refractivity contribution >= 4 is 17.2 Å². The molecule has 0 saturated carbocycles. The van der Waals surface area contributed by atoms with Crippen LogP contribution in [-0.4, -0.2) is 30.4 Å². The first-order chi connectivity index (χ1) is 10.7. The highest BCUT2D eigenvalue weighted by Crippen LogP contribution is 2.17. The molecule has 0 saturated heterocycles. The third kappa shape index (κ3) is 5.62. The van der Waals surface area contributed by atoms with E-state index >= 15 is 0 Å². The third-order valence-corrected chi connectivity index (χ3v) is 4.46. The lowest BCUT2D eigenvalue weighted by atomic mass is 10.1. The second-order valence-corrected chi connectivity index (χ2v) is 6.78. The monoisotopic (exact) mass is 316 g/mol. The molecule has 1 amide bonds. The SMILES string of the molecule is CCNC(=O)CN(CCc1ccccc1)Cc1ccc(C)s1. The van der Waals surface area contributed by atoms with Crippen LogP contribution in [0, 0.1) is 6.92 Å². The van der Waals surface area contributed by atoms with Gasteiger partial charge in [0.2, 0.25) is 5.91 Å². The highest BCUT2D eigenvalue weighted by Gasteiger charge is 2.12. The Bertz CT molecular complexity index is 580. The number of nitrogens with one attached hydrogen (secondary N) is 1. The van der Waals surface area contributed by atoms with Crippen molar-refractivity contribution in [3.8, 4) is 0 Å². The van der Waals surface area contributed by atoms with Crippen LogP contribution in [0.3, 0.4) is 0 Å². The molecule has 1 N–H and O–H groups in total. The second-order valence-electron chi connectivity index (χ2n) is 5.41. The molecule has 22 heavy (non-hydrogen) atoms. The maximum Gasteiger partial charge on any atom is 0.234 e. The summed E-state index contributed by atoms with van der Waals surface area (Å²) < 4.78 is 0. The van der Waals surface area contributed by atoms with Crippen molar-refractivity contribution in [2.24, 2.45) is 0 Å². The van der Waals surface area contributed by atoms with Gasteiger partial charge < -0.3 is 5.32 Å². The molecule has 3 nitrogen and oxygen atoms in total. The Morgan fingerprint density at radius 3 is 2.59 bits per heavy atom. The summed E-state index contributed by atoms with van der Waals surface area (Å²) in [6.45, 7) is 6.93. The molecule has 2 rings (SSSR count). The van der Waals surface area contributed by atoms with Gasteiger partial charge in [-0.1, -0.05) is 30.3 Å². The number of benzene rings is 1. The number of thiophene rings is 1. The van der Waals surface area contributed by atoms with E-state index in [4.69, 9.17) is 0 Å². The van der Waals surface area contributed by atoms with E-state index in [1.807, 2.05) is 13.0 Å². The highest BCUT2D eigenvalue weighted by molar-refractivity contribution is 7.11. The molecule has 0 unspecified atom stereocenters. The lowest BCUT2D eigenvalue weighted by molar-refractivity contribution is -0.122. The smallest absolute Gasteiger partial charge is 0.234 e. The van der Waals surface area contributed by atoms with Crippen molar-refractivity contribution in [3.05, 3.63) is 57.8 Å². The minimum absolute atomic E-state index is 0.101. The van der Waals surface area contributed by atoms with Crippen LogP contribution >= 0.6 is 11.3 Å². The lowest BCUT2D eigenvalue weighted by Gasteiger charge is -2.21. The standard InChI is InChI=1S/C18H24N2OS/c1-3-19-18(21)14-20(13-17-10-9-15(2)22-17)12-11-16-7-5-4-6-8-16/h4-10H,3,11-14H2,1-2H3,(H,19,21). The van der Waals surface area contributed by atoms with Gasteiger partial charge >= 0.3 is 0 Å². The minimum Gasteiger partial charge on any atom is -0.355 e. The summed E-state index contributed by atoms with van der Waals surface area (Å²) in [6.07, 6.45) is 0.963. The molecule has 0 radical (unpaired) electrons. The number of likely N-dealkylation sites (N-methyl/N-ethyl adjacent to an activating group) is 1. The Morgan fingerprint density at radius 2 is 1.95 bits per heavy atom. The zero-order chi connectivity index (χ0) is 15.8. The van der Waals surface area contributed by atoms with Gasteiger partial charge in [-0.15, -0.1) is 11.3 Å². The maximum atomic E-state index is 11.9. The topological polar surface area (TPSA) is 32.3 Å². The zero-order valence-electron chi connectivity index (χ0n) is 13.3. The predicted octanol–water partition coefficient (Wildman–Crippen LogP) is 3.24. The van der Waals surface area contributed by atoms with E-state index in [-0.39, 0.29) is 5.91 Å². The molecule has 0 aliphatic carbocycles. The van der Waals surface area contributed by atoms with Crippen molar-refractivity contribution in [1.82, 2.24) is 10.2 Å². The Morgan fingerprint density at radius 1 is 1.18 bits per heavy atom. The van der Waals surface area contributed by atoms with Crippen LogP contribution in [0.4, 0.5) is 0 Å². The van der Waals surface area contributed by atoms with E-state index < -0.39 is 0 Å². The summed E-state index contributed by atoms with van der Waals surface area (Å²) in [5.74, 6) is 0.101. The van der Waals surface area contributed by atoms with Crippen molar-refractivity contribution in [1.29, 1.82) is 0 Å². The molecule has 0 aliphatic rings. The fourth-order valence-corrected chi connectivity index (χ4v) is 3.33. The van der Waals surface area contributed by atoms with Gasteiger partial charge in [0.1, 0.15) is 0 Å². The number of aryl methyl sites for hydroxylation is 1. The number of amides is 1. The van der Waals surface area contributed by atoms with E-state index in [1.54, 1.807) is 11.3 Å². The summed E-state index contributed by atoms with van der Waals surface area (Å²) >= 11 is 1.80. The van der Waals surface area contributed by atoms with Crippen molar-refractivity contribution in [3.63, 3.8) is 0 Å². The number of carbonyl (C=O) groups is 1. The summed E-state index contributed by atoms with van der Waals surface area (Å²) in [5.41, 5.74) is 1.31. The fraction of sp³-hybridized carbons (Fsp3) is 0.389. The molecule has 0 spiro atoms. The van der Waals surface area contributed by atoms with Gasteiger partial charge in [-0.3, -0.25) is 9.69 Å². The predicted molar refractivity (Wildman–Crippen MR) is 93.2 cm³/mol. The lowest BCUT2D eigenvalue weighted by Crippen LogP contribution is -2.37. The van der Waals surface area contributed by atoms with Gasteiger partial charge in [-0.05, 0) is 38.0 Å². The molecule has 0 aliphatic heterocycles. The Kier molecular flexibility index (Phi) is 6.62. The van der Waals surface area contributed by atoms with Gasteiger partial charge in [0.15, 0.2) is 0 Å². The maximum absolute atomic E-state index is 11.9. The molecular weight excluding hydrogens is 292 g/mol. The molecular formula is C18H24N2OS. The van der Waals surface area contributed by atoms with Crippen molar-refractivity contribution in [2.45, 2.75) is 26.8 Å². The number of carbonyl (C=O) groups excluding carboxylic acids is 1. The van der Waals surface area contributed by atoms with Crippen LogP contribution in [0.15, 0.2) is 42.5 Å². The van der Waals surface area contributed by atoms with Crippen LogP contribution in [-0.2, 0) is 17.8 Å². The van der Waals surface area contributed by atoms with Crippen LogP contribution in [0.25, 0.3) is 0 Å². The first-order valence-electron chi connectivity index (χ1n) is 7.75. The fourth-order valence-electron chi connectivity index (χ4n) is 2.39. The van der Waals surface area contributed by atoms with E-state index in [9.17, 15) is 4.79 Å². The van der Waals surface area contributed by atoms with E-state index in [1.165, 1.54) is 15.3 Å². The van der Waals surface area contributed by atoms with E-state index in [2.05, 4.69) is 53.5 Å². The van der Waals surface area contributed by atoms with Crippen LogP contribution in [0.5, 0.6) is 0 Å². The average molecular weight is 316 g/mol. The van der Waals surface area contributed by atoms with Crippen LogP contribution < -0.4 is 5.32 Å². The third-order valence-electron chi connectivity index (χ3n) is 3.48. The number of hydrogen-bond donors (Lipinski definition) is 1. The largest absolute Gasteiger partial charge is 0.355 e. The molecule has 1 aromatic carbocycles. The van der Waals surface area contributed by atoms with Gasteiger partial charge in [0.25, 0.3) is 0 Å². The summed E-state index contributed by atoms with van der Waals surface area (Å²) in [6, 6.07) is 14.7. The first kappa shape index (κ1) is 16.7. The molecule has 0 bridgehead atoms. The van der Waals surface area contributed by atoms with Gasteiger partial charge in [-0.2, -0.15) is 0 Å². The van der Waals surface area contributed by atoms with E-state index in [0.717, 1.165) is 19.5 Å². The van der Waals surface area contributed by atoms with Crippen LogP contribution in [0.1, 0.15) is 22.2 Å². The molecule has 2 aromatic rings. The first-order valence-corrected chi connectivity index (χ1v) is 8.57. The normalized spacial score (nSPS) is 10.9. The number of rotatable bonds is 8. The van der Waals surface area contributed by atoms with Gasteiger partial charge in [0.05, 0.1) is 6.54 Å². The summed E-state index contributed by atoms with van der Waals surface area (Å²) in [4.78, 5) is 16.8. The molecule has 0 fully saturated rings. The average Bonchev–Trinajstić information content (AvgIpc) is 2.91. The number of hydrogen-bond acceptors (Lipinski definition) is 3. The van der Waals surface area contributed by atoms with Crippen molar-refractivity contribution < 1.29 is 4.79 Å². The van der Waals surface area contributed by atoms with E-state index in [0.29, 0.717) is 13.1 Å². The Labute approximate surface area is 137 Å². The molecule has 1 heterocycles. The van der Waals surface area contributed by atoms with Crippen molar-refractivity contribution in [2.75, 3.05) is 19.6 Å². The summed E-state index contributed by atoms with van der Waals surface area (Å²) in [7, 11) is 0. The molecule has 1 aromatic heterocycles. The Hall–Kier alpha value is -1.65. The number of nitrogens with zero attached hydrogens (tertiary/aromatic N) is 1. The zero-order valence-corrected chi connectivity index (χ0v) is 14.2. The second kappa shape index (κ2) is 8.71.